The molecular formula is C14H15ClN2O4. The van der Waals surface area contributed by atoms with Crippen molar-refractivity contribution in [2.75, 3.05) is 12.5 Å². The molecule has 1 aromatic rings. The zero-order valence-corrected chi connectivity index (χ0v) is 12.1. The first kappa shape index (κ1) is 15.2. The first-order valence-corrected chi connectivity index (χ1v) is 6.92. The van der Waals surface area contributed by atoms with Crippen LogP contribution in [0.1, 0.15) is 18.5 Å². The Hall–Kier alpha value is -2.21. The van der Waals surface area contributed by atoms with Crippen LogP contribution < -0.4 is 10.6 Å². The van der Waals surface area contributed by atoms with E-state index in [0.29, 0.717) is 11.3 Å². The first-order chi connectivity index (χ1) is 10.1. The van der Waals surface area contributed by atoms with Gasteiger partial charge in [0.15, 0.2) is 0 Å². The maximum absolute atomic E-state index is 12.1. The molecule has 1 aliphatic heterocycles. The van der Waals surface area contributed by atoms with Gasteiger partial charge in [-0.2, -0.15) is 0 Å². The molecule has 1 aliphatic rings. The molecule has 0 spiro atoms. The molecule has 1 aromatic carbocycles. The third kappa shape index (κ3) is 3.28. The number of hydrogen-bond donors (Lipinski definition) is 3. The third-order valence-electron chi connectivity index (χ3n) is 3.01. The third-order valence-corrected chi connectivity index (χ3v) is 3.28. The van der Waals surface area contributed by atoms with E-state index in [0.717, 1.165) is 0 Å². The van der Waals surface area contributed by atoms with Crippen LogP contribution in [-0.2, 0) is 9.53 Å². The van der Waals surface area contributed by atoms with Crippen molar-refractivity contribution in [3.8, 4) is 5.75 Å². The summed E-state index contributed by atoms with van der Waals surface area (Å²) in [5.74, 6) is -0.465. The lowest BCUT2D eigenvalue weighted by Crippen LogP contribution is -2.46. The van der Waals surface area contributed by atoms with E-state index in [9.17, 15) is 14.7 Å². The van der Waals surface area contributed by atoms with Crippen LogP contribution in [0.2, 0.25) is 0 Å². The minimum absolute atomic E-state index is 0.0177. The van der Waals surface area contributed by atoms with E-state index in [-0.39, 0.29) is 23.8 Å². The van der Waals surface area contributed by atoms with E-state index in [4.69, 9.17) is 16.3 Å². The molecule has 0 saturated carbocycles. The van der Waals surface area contributed by atoms with Crippen molar-refractivity contribution in [2.45, 2.75) is 13.0 Å². The number of ether oxygens (including phenoxy) is 1. The monoisotopic (exact) mass is 310 g/mol. The molecule has 0 fully saturated rings. The molecule has 112 valence electrons. The topological polar surface area (TPSA) is 87.7 Å². The van der Waals surface area contributed by atoms with Crippen LogP contribution in [0.4, 0.5) is 4.79 Å². The number of phenols is 1. The highest BCUT2D eigenvalue weighted by Gasteiger charge is 2.33. The van der Waals surface area contributed by atoms with Gasteiger partial charge in [-0.05, 0) is 24.6 Å². The van der Waals surface area contributed by atoms with Crippen molar-refractivity contribution >= 4 is 23.6 Å². The molecule has 0 unspecified atom stereocenters. The van der Waals surface area contributed by atoms with Crippen molar-refractivity contribution in [1.82, 2.24) is 10.6 Å². The molecule has 6 nitrogen and oxygen atoms in total. The highest BCUT2D eigenvalue weighted by Crippen LogP contribution is 2.29. The predicted octanol–water partition coefficient (Wildman–Crippen LogP) is 1.80. The van der Waals surface area contributed by atoms with Crippen molar-refractivity contribution in [3.05, 3.63) is 41.1 Å². The largest absolute Gasteiger partial charge is 0.508 e. The molecule has 0 saturated heterocycles. The van der Waals surface area contributed by atoms with Crippen molar-refractivity contribution in [3.63, 3.8) is 0 Å². The quantitative estimate of drug-likeness (QED) is 0.584. The fourth-order valence-corrected chi connectivity index (χ4v) is 2.30. The van der Waals surface area contributed by atoms with Gasteiger partial charge in [-0.3, -0.25) is 0 Å². The molecule has 0 aliphatic carbocycles. The lowest BCUT2D eigenvalue weighted by Gasteiger charge is -2.28. The number of phenolic OH excluding ortho intramolecular Hbond substituents is 1. The predicted molar refractivity (Wildman–Crippen MR) is 76.9 cm³/mol. The lowest BCUT2D eigenvalue weighted by atomic mass is 9.95. The summed E-state index contributed by atoms with van der Waals surface area (Å²) < 4.78 is 5.03. The Bertz CT molecular complexity index is 583. The molecule has 2 rings (SSSR count). The van der Waals surface area contributed by atoms with Gasteiger partial charge in [0.25, 0.3) is 0 Å². The van der Waals surface area contributed by atoms with E-state index in [2.05, 4.69) is 10.6 Å². The smallest absolute Gasteiger partial charge is 0.338 e. The van der Waals surface area contributed by atoms with Crippen LogP contribution in [-0.4, -0.2) is 29.6 Å². The molecular weight excluding hydrogens is 296 g/mol. The van der Waals surface area contributed by atoms with Gasteiger partial charge in [-0.25, -0.2) is 9.59 Å². The number of carbonyl (C=O) groups is 2. The van der Waals surface area contributed by atoms with E-state index in [1.165, 1.54) is 12.1 Å². The Labute approximate surface area is 126 Å². The minimum Gasteiger partial charge on any atom is -0.508 e. The van der Waals surface area contributed by atoms with Crippen LogP contribution in [0.25, 0.3) is 0 Å². The zero-order valence-electron chi connectivity index (χ0n) is 11.4. The van der Waals surface area contributed by atoms with Crippen LogP contribution in [0.15, 0.2) is 35.5 Å². The highest BCUT2D eigenvalue weighted by atomic mass is 35.5. The Morgan fingerprint density at radius 1 is 1.38 bits per heavy atom. The maximum Gasteiger partial charge on any atom is 0.338 e. The SMILES string of the molecule is CCOC(=O)C1=C(CCl)NC(=O)N[C@H]1c1ccc(O)cc1. The summed E-state index contributed by atoms with van der Waals surface area (Å²) in [6.45, 7) is 1.91. The van der Waals surface area contributed by atoms with Crippen molar-refractivity contribution in [2.24, 2.45) is 0 Å². The molecule has 0 bridgehead atoms. The minimum atomic E-state index is -0.674. The molecule has 7 heteroatoms. The van der Waals surface area contributed by atoms with Gasteiger partial charge >= 0.3 is 12.0 Å². The summed E-state index contributed by atoms with van der Waals surface area (Å²) in [5, 5.41) is 14.5. The van der Waals surface area contributed by atoms with Gasteiger partial charge < -0.3 is 20.5 Å². The van der Waals surface area contributed by atoms with Gasteiger partial charge in [-0.15, -0.1) is 11.6 Å². The van der Waals surface area contributed by atoms with Crippen LogP contribution in [0.3, 0.4) is 0 Å². The van der Waals surface area contributed by atoms with Crippen LogP contribution >= 0.6 is 11.6 Å². The lowest BCUT2D eigenvalue weighted by molar-refractivity contribution is -0.139. The highest BCUT2D eigenvalue weighted by molar-refractivity contribution is 6.20. The Balaban J connectivity index is 2.46. The summed E-state index contributed by atoms with van der Waals surface area (Å²) in [6, 6.07) is 5.08. The second kappa shape index (κ2) is 6.49. The fourth-order valence-electron chi connectivity index (χ4n) is 2.09. The maximum atomic E-state index is 12.1. The molecule has 1 heterocycles. The molecule has 1 atom stereocenters. The number of esters is 1. The number of halogens is 1. The number of allylic oxidation sites excluding steroid dienone is 1. The number of nitrogens with one attached hydrogen (secondary N) is 2. The fraction of sp³-hybridized carbons (Fsp3) is 0.286. The normalized spacial score (nSPS) is 18.0. The zero-order chi connectivity index (χ0) is 15.4. The second-order valence-electron chi connectivity index (χ2n) is 4.37. The Kier molecular flexibility index (Phi) is 4.70. The van der Waals surface area contributed by atoms with Crippen LogP contribution in [0, 0.1) is 0 Å². The molecule has 0 radical (unpaired) electrons. The molecule has 3 N–H and O–H groups in total. The van der Waals surface area contributed by atoms with E-state index >= 15 is 0 Å². The average molecular weight is 311 g/mol. The molecule has 0 aromatic heterocycles. The summed E-state index contributed by atoms with van der Waals surface area (Å²) in [7, 11) is 0. The Morgan fingerprint density at radius 2 is 2.05 bits per heavy atom. The standard InChI is InChI=1S/C14H15ClN2O4/c1-2-21-13(19)11-10(7-15)16-14(20)17-12(11)8-3-5-9(18)6-4-8/h3-6,12,18H,2,7H2,1H3,(H2,16,17,20)/t12-/m0/s1. The van der Waals surface area contributed by atoms with Gasteiger partial charge in [0, 0.05) is 5.70 Å². The summed E-state index contributed by atoms with van der Waals surface area (Å²) >= 11 is 5.81. The summed E-state index contributed by atoms with van der Waals surface area (Å²) in [6.07, 6.45) is 0. The van der Waals surface area contributed by atoms with Crippen molar-refractivity contribution < 1.29 is 19.4 Å². The van der Waals surface area contributed by atoms with E-state index in [1.807, 2.05) is 0 Å². The number of alkyl halides is 1. The number of hydrogen-bond acceptors (Lipinski definition) is 4. The second-order valence-corrected chi connectivity index (χ2v) is 4.64. The number of carbonyl (C=O) groups excluding carboxylic acids is 2. The number of amides is 2. The van der Waals surface area contributed by atoms with Crippen molar-refractivity contribution in [1.29, 1.82) is 0 Å². The number of urea groups is 1. The summed E-state index contributed by atoms with van der Waals surface area (Å²) in [4.78, 5) is 23.8. The van der Waals surface area contributed by atoms with E-state index in [1.54, 1.807) is 19.1 Å². The van der Waals surface area contributed by atoms with Gasteiger partial charge in [0.2, 0.25) is 0 Å². The van der Waals surface area contributed by atoms with Gasteiger partial charge in [-0.1, -0.05) is 12.1 Å². The van der Waals surface area contributed by atoms with Gasteiger partial charge in [0.05, 0.1) is 24.1 Å². The molecule has 21 heavy (non-hydrogen) atoms. The molecule has 2 amide bonds. The summed E-state index contributed by atoms with van der Waals surface area (Å²) in [5.41, 5.74) is 1.22. The van der Waals surface area contributed by atoms with Gasteiger partial charge in [0.1, 0.15) is 5.75 Å². The number of benzene rings is 1. The average Bonchev–Trinajstić information content (AvgIpc) is 2.47. The van der Waals surface area contributed by atoms with Crippen LogP contribution in [0.5, 0.6) is 5.75 Å². The number of aromatic hydroxyl groups is 1. The first-order valence-electron chi connectivity index (χ1n) is 6.39. The Morgan fingerprint density at radius 3 is 2.62 bits per heavy atom. The number of rotatable bonds is 4. The van der Waals surface area contributed by atoms with E-state index < -0.39 is 18.0 Å².